The second kappa shape index (κ2) is 8.77. The predicted octanol–water partition coefficient (Wildman–Crippen LogP) is 5.22. The number of aryl methyl sites for hydroxylation is 1. The third-order valence-electron chi connectivity index (χ3n) is 7.37. The van der Waals surface area contributed by atoms with Gasteiger partial charge >= 0.3 is 0 Å². The molecule has 8 nitrogen and oxygen atoms in total. The molecular formula is C25H24ClFN6O2S. The molecule has 0 radical (unpaired) electrons. The molecule has 36 heavy (non-hydrogen) atoms. The van der Waals surface area contributed by atoms with E-state index in [1.165, 1.54) is 50.1 Å². The fraction of sp³-hybridized carbons (Fsp3) is 0.360. The van der Waals surface area contributed by atoms with E-state index in [1.54, 1.807) is 12.1 Å². The molecule has 3 aliphatic rings. The Morgan fingerprint density at radius 3 is 2.53 bits per heavy atom. The van der Waals surface area contributed by atoms with Gasteiger partial charge < -0.3 is 5.32 Å². The fourth-order valence-electron chi connectivity index (χ4n) is 5.49. The summed E-state index contributed by atoms with van der Waals surface area (Å²) in [5, 5.41) is 3.66. The van der Waals surface area contributed by atoms with Crippen molar-refractivity contribution in [3.8, 4) is 11.4 Å². The SMILES string of the molecule is Cc1ccc(S(=O)(=O)n2cc(-c3nc(Cl)nc(NC4CC5CCC4CC5)n3)c3cc(F)cnc32)cc1. The number of nitrogens with zero attached hydrogens (tertiary/aromatic N) is 5. The second-order valence-electron chi connectivity index (χ2n) is 9.70. The Bertz CT molecular complexity index is 1570. The average Bonchev–Trinajstić information content (AvgIpc) is 3.24. The summed E-state index contributed by atoms with van der Waals surface area (Å²) < 4.78 is 42.3. The van der Waals surface area contributed by atoms with Crippen molar-refractivity contribution in [2.45, 2.75) is 50.0 Å². The van der Waals surface area contributed by atoms with Gasteiger partial charge in [0.25, 0.3) is 10.0 Å². The largest absolute Gasteiger partial charge is 0.351 e. The van der Waals surface area contributed by atoms with Gasteiger partial charge in [-0.25, -0.2) is 21.8 Å². The molecule has 3 aromatic heterocycles. The monoisotopic (exact) mass is 526 g/mol. The number of hydrogen-bond donors (Lipinski definition) is 1. The van der Waals surface area contributed by atoms with E-state index in [0.29, 0.717) is 23.3 Å². The quantitative estimate of drug-likeness (QED) is 0.380. The first-order valence-electron chi connectivity index (χ1n) is 12.0. The minimum Gasteiger partial charge on any atom is -0.351 e. The van der Waals surface area contributed by atoms with Gasteiger partial charge in [0.05, 0.1) is 11.1 Å². The zero-order chi connectivity index (χ0) is 25.0. The summed E-state index contributed by atoms with van der Waals surface area (Å²) >= 11 is 6.27. The number of fused-ring (bicyclic) bond motifs is 4. The van der Waals surface area contributed by atoms with Gasteiger partial charge in [-0.2, -0.15) is 15.0 Å². The summed E-state index contributed by atoms with van der Waals surface area (Å²) in [7, 11) is -4.02. The Labute approximate surface area is 213 Å². The summed E-state index contributed by atoms with van der Waals surface area (Å²) in [5.41, 5.74) is 1.30. The Hall–Kier alpha value is -3.11. The molecule has 11 heteroatoms. The van der Waals surface area contributed by atoms with Gasteiger partial charge in [-0.05, 0) is 67.8 Å². The fourth-order valence-corrected chi connectivity index (χ4v) is 6.98. The van der Waals surface area contributed by atoms with E-state index in [0.717, 1.165) is 22.2 Å². The zero-order valence-corrected chi connectivity index (χ0v) is 21.1. The highest BCUT2D eigenvalue weighted by atomic mass is 35.5. The molecule has 3 saturated carbocycles. The lowest BCUT2D eigenvalue weighted by Gasteiger charge is -2.42. The molecule has 2 bridgehead atoms. The Morgan fingerprint density at radius 1 is 1.08 bits per heavy atom. The highest BCUT2D eigenvalue weighted by Crippen LogP contribution is 2.42. The molecule has 0 amide bonds. The van der Waals surface area contributed by atoms with E-state index in [-0.39, 0.29) is 33.1 Å². The van der Waals surface area contributed by atoms with Crippen molar-refractivity contribution >= 4 is 38.6 Å². The predicted molar refractivity (Wildman–Crippen MR) is 135 cm³/mol. The third-order valence-corrected chi connectivity index (χ3v) is 9.20. The topological polar surface area (TPSA) is 103 Å². The third kappa shape index (κ3) is 4.12. The van der Waals surface area contributed by atoms with Gasteiger partial charge in [0.2, 0.25) is 11.2 Å². The molecule has 1 atom stereocenters. The van der Waals surface area contributed by atoms with Crippen LogP contribution in [0.5, 0.6) is 0 Å². The first-order valence-corrected chi connectivity index (χ1v) is 13.8. The van der Waals surface area contributed by atoms with Gasteiger partial charge in [0, 0.05) is 23.2 Å². The molecule has 4 aromatic rings. The van der Waals surface area contributed by atoms with Crippen molar-refractivity contribution < 1.29 is 12.8 Å². The van der Waals surface area contributed by atoms with Crippen molar-refractivity contribution in [3.05, 3.63) is 59.4 Å². The van der Waals surface area contributed by atoms with E-state index >= 15 is 0 Å². The van der Waals surface area contributed by atoms with E-state index in [1.807, 2.05) is 6.92 Å². The lowest BCUT2D eigenvalue weighted by molar-refractivity contribution is 0.157. The van der Waals surface area contributed by atoms with Crippen LogP contribution < -0.4 is 5.32 Å². The highest BCUT2D eigenvalue weighted by molar-refractivity contribution is 7.90. The van der Waals surface area contributed by atoms with Crippen LogP contribution in [0.15, 0.2) is 47.6 Å². The normalized spacial score (nSPS) is 21.7. The summed E-state index contributed by atoms with van der Waals surface area (Å²) in [6.07, 6.45) is 8.31. The van der Waals surface area contributed by atoms with Crippen LogP contribution in [0.1, 0.15) is 37.7 Å². The van der Waals surface area contributed by atoms with Gasteiger partial charge in [-0.3, -0.25) is 0 Å². The van der Waals surface area contributed by atoms with Crippen molar-refractivity contribution in [1.29, 1.82) is 0 Å². The van der Waals surface area contributed by atoms with Crippen LogP contribution in [0.3, 0.4) is 0 Å². The summed E-state index contributed by atoms with van der Waals surface area (Å²) in [6, 6.07) is 7.97. The lowest BCUT2D eigenvalue weighted by atomic mass is 9.68. The summed E-state index contributed by atoms with van der Waals surface area (Å²) in [6.45, 7) is 1.87. The van der Waals surface area contributed by atoms with E-state index < -0.39 is 15.8 Å². The van der Waals surface area contributed by atoms with Crippen molar-refractivity contribution in [1.82, 2.24) is 23.9 Å². The average molecular weight is 527 g/mol. The van der Waals surface area contributed by atoms with Crippen molar-refractivity contribution in [2.75, 3.05) is 5.32 Å². The molecule has 7 rings (SSSR count). The number of benzene rings is 1. The van der Waals surface area contributed by atoms with Crippen molar-refractivity contribution in [3.63, 3.8) is 0 Å². The molecule has 0 aliphatic heterocycles. The molecule has 3 aliphatic carbocycles. The van der Waals surface area contributed by atoms with Crippen LogP contribution >= 0.6 is 11.6 Å². The first kappa shape index (κ1) is 23.3. The standard InChI is InChI=1S/C25H24ClFN6O2S/c1-14-2-8-18(9-3-14)36(34,35)33-13-20(19-11-17(27)12-28-23(19)33)22-30-24(26)32-25(31-22)29-21-10-15-4-6-16(21)7-5-15/h2-3,8-9,11-13,15-16,21H,4-7,10H2,1H3,(H,29,30,31,32). The van der Waals surface area contributed by atoms with E-state index in [4.69, 9.17) is 11.6 Å². The molecule has 3 fully saturated rings. The highest BCUT2D eigenvalue weighted by Gasteiger charge is 2.36. The first-order chi connectivity index (χ1) is 17.3. The number of nitrogens with one attached hydrogen (secondary N) is 1. The molecule has 186 valence electrons. The number of aromatic nitrogens is 5. The second-order valence-corrected chi connectivity index (χ2v) is 11.9. The molecule has 1 aromatic carbocycles. The van der Waals surface area contributed by atoms with Crippen molar-refractivity contribution in [2.24, 2.45) is 11.8 Å². The summed E-state index contributed by atoms with van der Waals surface area (Å²) in [5.74, 6) is 1.14. The van der Waals surface area contributed by atoms with Crippen LogP contribution in [0.4, 0.5) is 10.3 Å². The van der Waals surface area contributed by atoms with Crippen LogP contribution in [0.2, 0.25) is 5.28 Å². The summed E-state index contributed by atoms with van der Waals surface area (Å²) in [4.78, 5) is 17.3. The maximum atomic E-state index is 14.2. The number of halogens is 2. The van der Waals surface area contributed by atoms with Gasteiger partial charge in [-0.1, -0.05) is 30.5 Å². The van der Waals surface area contributed by atoms with Gasteiger partial charge in [-0.15, -0.1) is 0 Å². The number of anilines is 1. The Morgan fingerprint density at radius 2 is 1.83 bits per heavy atom. The number of pyridine rings is 1. The van der Waals surface area contributed by atoms with Crippen LogP contribution in [-0.2, 0) is 10.0 Å². The van der Waals surface area contributed by atoms with Crippen LogP contribution in [0.25, 0.3) is 22.4 Å². The van der Waals surface area contributed by atoms with E-state index in [2.05, 4.69) is 25.3 Å². The maximum Gasteiger partial charge on any atom is 0.269 e. The maximum absolute atomic E-state index is 14.2. The number of hydrogen-bond acceptors (Lipinski definition) is 7. The lowest BCUT2D eigenvalue weighted by Crippen LogP contribution is -2.40. The molecule has 1 unspecified atom stereocenters. The smallest absolute Gasteiger partial charge is 0.269 e. The Kier molecular flexibility index (Phi) is 5.68. The molecule has 1 N–H and O–H groups in total. The molecule has 3 heterocycles. The molecule has 0 spiro atoms. The molecular weight excluding hydrogens is 503 g/mol. The minimum absolute atomic E-state index is 0.0323. The van der Waals surface area contributed by atoms with Gasteiger partial charge in [0.1, 0.15) is 5.82 Å². The minimum atomic E-state index is -4.02. The Balaban J connectivity index is 1.44. The van der Waals surface area contributed by atoms with Gasteiger partial charge in [0.15, 0.2) is 11.5 Å². The number of rotatable bonds is 5. The van der Waals surface area contributed by atoms with Crippen LogP contribution in [0, 0.1) is 24.6 Å². The molecule has 0 saturated heterocycles. The van der Waals surface area contributed by atoms with E-state index in [9.17, 15) is 12.8 Å². The zero-order valence-electron chi connectivity index (χ0n) is 19.5. The van der Waals surface area contributed by atoms with Crippen LogP contribution in [-0.4, -0.2) is 38.4 Å².